The molecule has 0 unspecified atom stereocenters. The number of hydrogen-bond acceptors (Lipinski definition) is 2. The van der Waals surface area contributed by atoms with E-state index < -0.39 is 0 Å². The summed E-state index contributed by atoms with van der Waals surface area (Å²) >= 11 is 0. The minimum atomic E-state index is -0.227. The molecule has 0 amide bonds. The number of nitrogens with one attached hydrogen (secondary N) is 2. The molecule has 0 saturated carbocycles. The van der Waals surface area contributed by atoms with Crippen molar-refractivity contribution in [3.05, 3.63) is 47.5 Å². The second-order valence-corrected chi connectivity index (χ2v) is 3.37. The van der Waals surface area contributed by atoms with Crippen LogP contribution in [0.1, 0.15) is 11.3 Å². The molecule has 2 aromatic rings. The van der Waals surface area contributed by atoms with Crippen LogP contribution in [-0.2, 0) is 6.54 Å². The Morgan fingerprint density at radius 3 is 2.93 bits per heavy atom. The summed E-state index contributed by atoms with van der Waals surface area (Å²) in [5.41, 5.74) is 2.37. The van der Waals surface area contributed by atoms with Crippen LogP contribution in [0.4, 0.5) is 10.1 Å². The van der Waals surface area contributed by atoms with Gasteiger partial charge in [-0.2, -0.15) is 5.10 Å². The summed E-state index contributed by atoms with van der Waals surface area (Å²) in [4.78, 5) is 0. The van der Waals surface area contributed by atoms with Gasteiger partial charge in [0.25, 0.3) is 0 Å². The van der Waals surface area contributed by atoms with Crippen LogP contribution in [0.2, 0.25) is 0 Å². The maximum atomic E-state index is 13.4. The fourth-order valence-corrected chi connectivity index (χ4v) is 1.42. The van der Waals surface area contributed by atoms with Crippen LogP contribution in [0.25, 0.3) is 0 Å². The lowest BCUT2D eigenvalue weighted by Crippen LogP contribution is -2.03. The van der Waals surface area contributed by atoms with Crippen LogP contribution in [-0.4, -0.2) is 10.2 Å². The molecule has 0 atom stereocenters. The minimum Gasteiger partial charge on any atom is -0.377 e. The fraction of sp³-hybridized carbons (Fsp3) is 0.182. The number of H-pyrrole nitrogens is 1. The number of aromatic amines is 1. The van der Waals surface area contributed by atoms with Crippen molar-refractivity contribution in [1.29, 1.82) is 0 Å². The Hall–Kier alpha value is -1.84. The molecule has 1 aromatic heterocycles. The molecule has 0 fully saturated rings. The van der Waals surface area contributed by atoms with E-state index in [1.54, 1.807) is 12.3 Å². The van der Waals surface area contributed by atoms with Gasteiger partial charge >= 0.3 is 0 Å². The Bertz CT molecular complexity index is 417. The van der Waals surface area contributed by atoms with Crippen LogP contribution in [0.15, 0.2) is 30.5 Å². The normalized spacial score (nSPS) is 10.3. The molecule has 3 nitrogen and oxygen atoms in total. The number of benzene rings is 1. The quantitative estimate of drug-likeness (QED) is 0.808. The third-order valence-corrected chi connectivity index (χ3v) is 2.24. The maximum Gasteiger partial charge on any atom is 0.146 e. The first-order valence-electron chi connectivity index (χ1n) is 4.74. The Kier molecular flexibility index (Phi) is 2.67. The number of hydrogen-bond donors (Lipinski definition) is 2. The molecule has 4 heteroatoms. The summed E-state index contributed by atoms with van der Waals surface area (Å²) < 4.78 is 13.4. The highest BCUT2D eigenvalue weighted by atomic mass is 19.1. The molecule has 0 radical (unpaired) electrons. The smallest absolute Gasteiger partial charge is 0.146 e. The molecule has 1 aromatic carbocycles. The van der Waals surface area contributed by atoms with Gasteiger partial charge in [-0.15, -0.1) is 0 Å². The van der Waals surface area contributed by atoms with E-state index in [1.165, 1.54) is 6.07 Å². The van der Waals surface area contributed by atoms with Gasteiger partial charge < -0.3 is 5.32 Å². The predicted octanol–water partition coefficient (Wildman–Crippen LogP) is 2.47. The Labute approximate surface area is 87.3 Å². The van der Waals surface area contributed by atoms with Crippen molar-refractivity contribution in [1.82, 2.24) is 10.2 Å². The lowest BCUT2D eigenvalue weighted by atomic mass is 10.2. The number of nitrogens with zero attached hydrogens (tertiary/aromatic N) is 1. The number of para-hydroxylation sites is 1. The Balaban J connectivity index is 2.11. The number of halogens is 1. The third-order valence-electron chi connectivity index (χ3n) is 2.24. The zero-order valence-electron chi connectivity index (χ0n) is 8.42. The van der Waals surface area contributed by atoms with Crippen molar-refractivity contribution in [3.8, 4) is 0 Å². The van der Waals surface area contributed by atoms with Gasteiger partial charge in [-0.25, -0.2) is 4.39 Å². The summed E-state index contributed by atoms with van der Waals surface area (Å²) in [5.74, 6) is -0.227. The SMILES string of the molecule is Cc1cccc(F)c1NCc1ccn[nH]1. The molecule has 2 rings (SSSR count). The van der Waals surface area contributed by atoms with Crippen molar-refractivity contribution in [2.45, 2.75) is 13.5 Å². The summed E-state index contributed by atoms with van der Waals surface area (Å²) in [6, 6.07) is 6.87. The molecule has 0 aliphatic carbocycles. The van der Waals surface area contributed by atoms with Crippen molar-refractivity contribution in [2.24, 2.45) is 0 Å². The summed E-state index contributed by atoms with van der Waals surface area (Å²) in [7, 11) is 0. The van der Waals surface area contributed by atoms with Crippen molar-refractivity contribution in [2.75, 3.05) is 5.32 Å². The van der Waals surface area contributed by atoms with Crippen LogP contribution >= 0.6 is 0 Å². The molecule has 78 valence electrons. The Morgan fingerprint density at radius 1 is 1.40 bits per heavy atom. The highest BCUT2D eigenvalue weighted by Gasteiger charge is 2.04. The molecule has 0 aliphatic rings. The highest BCUT2D eigenvalue weighted by Crippen LogP contribution is 2.19. The zero-order chi connectivity index (χ0) is 10.7. The van der Waals surface area contributed by atoms with Crippen molar-refractivity contribution >= 4 is 5.69 Å². The van der Waals surface area contributed by atoms with Gasteiger partial charge in [-0.3, -0.25) is 5.10 Å². The van der Waals surface area contributed by atoms with E-state index >= 15 is 0 Å². The maximum absolute atomic E-state index is 13.4. The van der Waals surface area contributed by atoms with Crippen LogP contribution < -0.4 is 5.32 Å². The number of rotatable bonds is 3. The molecule has 0 aliphatic heterocycles. The first kappa shape index (κ1) is 9.71. The average molecular weight is 205 g/mol. The first-order chi connectivity index (χ1) is 7.27. The highest BCUT2D eigenvalue weighted by molar-refractivity contribution is 5.51. The largest absolute Gasteiger partial charge is 0.377 e. The Morgan fingerprint density at radius 2 is 2.27 bits per heavy atom. The van der Waals surface area contributed by atoms with E-state index in [0.29, 0.717) is 12.2 Å². The van der Waals surface area contributed by atoms with Gasteiger partial charge in [-0.05, 0) is 24.6 Å². The van der Waals surface area contributed by atoms with Crippen molar-refractivity contribution in [3.63, 3.8) is 0 Å². The van der Waals surface area contributed by atoms with E-state index in [-0.39, 0.29) is 5.82 Å². The van der Waals surface area contributed by atoms with Gasteiger partial charge in [0.1, 0.15) is 5.82 Å². The average Bonchev–Trinajstić information content (AvgIpc) is 2.70. The lowest BCUT2D eigenvalue weighted by molar-refractivity contribution is 0.629. The molecule has 1 heterocycles. The summed E-state index contributed by atoms with van der Waals surface area (Å²) in [6.45, 7) is 2.42. The molecule has 0 spiro atoms. The minimum absolute atomic E-state index is 0.227. The molecular weight excluding hydrogens is 193 g/mol. The molecule has 0 bridgehead atoms. The standard InChI is InChI=1S/C11H12FN3/c1-8-3-2-4-10(12)11(8)13-7-9-5-6-14-15-9/h2-6,13H,7H2,1H3,(H,14,15). The van der Waals surface area contributed by atoms with Gasteiger partial charge in [0, 0.05) is 6.20 Å². The second-order valence-electron chi connectivity index (χ2n) is 3.37. The van der Waals surface area contributed by atoms with Gasteiger partial charge in [0.2, 0.25) is 0 Å². The van der Waals surface area contributed by atoms with E-state index in [0.717, 1.165) is 11.3 Å². The zero-order valence-corrected chi connectivity index (χ0v) is 8.42. The van der Waals surface area contributed by atoms with E-state index in [1.807, 2.05) is 19.1 Å². The predicted molar refractivity (Wildman–Crippen MR) is 57.1 cm³/mol. The van der Waals surface area contributed by atoms with Crippen LogP contribution in [0, 0.1) is 12.7 Å². The molecule has 15 heavy (non-hydrogen) atoms. The lowest BCUT2D eigenvalue weighted by Gasteiger charge is -2.09. The number of aryl methyl sites for hydroxylation is 1. The van der Waals surface area contributed by atoms with E-state index in [9.17, 15) is 4.39 Å². The fourth-order valence-electron chi connectivity index (χ4n) is 1.42. The molecule has 0 saturated heterocycles. The topological polar surface area (TPSA) is 40.7 Å². The second kappa shape index (κ2) is 4.13. The van der Waals surface area contributed by atoms with Gasteiger partial charge in [0.15, 0.2) is 0 Å². The monoisotopic (exact) mass is 205 g/mol. The van der Waals surface area contributed by atoms with Gasteiger partial charge in [0.05, 0.1) is 17.9 Å². The van der Waals surface area contributed by atoms with Crippen LogP contribution in [0.5, 0.6) is 0 Å². The van der Waals surface area contributed by atoms with E-state index in [4.69, 9.17) is 0 Å². The first-order valence-corrected chi connectivity index (χ1v) is 4.74. The van der Waals surface area contributed by atoms with Crippen molar-refractivity contribution < 1.29 is 4.39 Å². The molecular formula is C11H12FN3. The van der Waals surface area contributed by atoms with Gasteiger partial charge in [-0.1, -0.05) is 12.1 Å². The summed E-state index contributed by atoms with van der Waals surface area (Å²) in [5, 5.41) is 9.67. The third kappa shape index (κ3) is 2.15. The summed E-state index contributed by atoms with van der Waals surface area (Å²) in [6.07, 6.45) is 1.67. The number of aromatic nitrogens is 2. The van der Waals surface area contributed by atoms with E-state index in [2.05, 4.69) is 15.5 Å². The van der Waals surface area contributed by atoms with Crippen LogP contribution in [0.3, 0.4) is 0 Å². The number of anilines is 1. The molecule has 2 N–H and O–H groups in total.